The number of rotatable bonds is 6. The molecule has 2 saturated heterocycles. The lowest BCUT2D eigenvalue weighted by Crippen LogP contribution is -2.46. The maximum atomic E-state index is 12.4. The Morgan fingerprint density at radius 2 is 2.25 bits per heavy atom. The molecule has 0 bridgehead atoms. The van der Waals surface area contributed by atoms with E-state index in [1.165, 1.54) is 5.56 Å². The Bertz CT molecular complexity index is 540. The van der Waals surface area contributed by atoms with Crippen molar-refractivity contribution in [2.24, 2.45) is 5.92 Å². The van der Waals surface area contributed by atoms with Crippen LogP contribution >= 0.6 is 11.3 Å². The van der Waals surface area contributed by atoms with Crippen molar-refractivity contribution in [3.05, 3.63) is 22.4 Å². The van der Waals surface area contributed by atoms with Gasteiger partial charge in [-0.1, -0.05) is 0 Å². The van der Waals surface area contributed by atoms with E-state index >= 15 is 0 Å². The standard InChI is InChI=1S/C18H27N3O2S/c22-17(6-5-14-7-10-24-13-14)21-9-2-3-15(12-21)11-20-18(23)16-4-1-8-19-16/h7,10,13,15-16,19H,1-6,8-9,11-12H2,(H,20,23). The summed E-state index contributed by atoms with van der Waals surface area (Å²) in [5, 5.41) is 10.5. The highest BCUT2D eigenvalue weighted by molar-refractivity contribution is 7.07. The number of likely N-dealkylation sites (tertiary alicyclic amines) is 1. The molecule has 3 heterocycles. The van der Waals surface area contributed by atoms with Gasteiger partial charge in [0.1, 0.15) is 0 Å². The van der Waals surface area contributed by atoms with E-state index in [4.69, 9.17) is 0 Å². The number of carbonyl (C=O) groups is 2. The second-order valence-electron chi connectivity index (χ2n) is 6.87. The van der Waals surface area contributed by atoms with Crippen molar-refractivity contribution in [3.8, 4) is 0 Å². The van der Waals surface area contributed by atoms with Gasteiger partial charge >= 0.3 is 0 Å². The number of hydrogen-bond acceptors (Lipinski definition) is 4. The molecule has 5 nitrogen and oxygen atoms in total. The molecule has 2 aliphatic heterocycles. The van der Waals surface area contributed by atoms with Crippen molar-refractivity contribution < 1.29 is 9.59 Å². The first-order valence-electron chi connectivity index (χ1n) is 9.02. The number of amides is 2. The van der Waals surface area contributed by atoms with E-state index in [0.717, 1.165) is 51.7 Å². The van der Waals surface area contributed by atoms with E-state index in [-0.39, 0.29) is 17.9 Å². The van der Waals surface area contributed by atoms with Gasteiger partial charge in [-0.2, -0.15) is 11.3 Å². The van der Waals surface area contributed by atoms with Crippen LogP contribution < -0.4 is 10.6 Å². The number of piperidine rings is 1. The molecule has 0 spiro atoms. The molecule has 1 aromatic heterocycles. The van der Waals surface area contributed by atoms with Crippen molar-refractivity contribution >= 4 is 23.2 Å². The average molecular weight is 350 g/mol. The Morgan fingerprint density at radius 3 is 3.00 bits per heavy atom. The number of nitrogens with zero attached hydrogens (tertiary/aromatic N) is 1. The average Bonchev–Trinajstić information content (AvgIpc) is 3.31. The summed E-state index contributed by atoms with van der Waals surface area (Å²) in [6, 6.07) is 2.07. The quantitative estimate of drug-likeness (QED) is 0.823. The largest absolute Gasteiger partial charge is 0.354 e. The van der Waals surface area contributed by atoms with Crippen LogP contribution in [0.5, 0.6) is 0 Å². The predicted molar refractivity (Wildman–Crippen MR) is 96.0 cm³/mol. The minimum Gasteiger partial charge on any atom is -0.354 e. The van der Waals surface area contributed by atoms with Crippen molar-refractivity contribution in [2.75, 3.05) is 26.2 Å². The van der Waals surface area contributed by atoms with Gasteiger partial charge in [-0.3, -0.25) is 9.59 Å². The van der Waals surface area contributed by atoms with Crippen LogP contribution in [0.1, 0.15) is 37.7 Å². The van der Waals surface area contributed by atoms with Crippen LogP contribution in [-0.2, 0) is 16.0 Å². The first-order valence-corrected chi connectivity index (χ1v) is 9.96. The van der Waals surface area contributed by atoms with Gasteiger partial charge < -0.3 is 15.5 Å². The number of hydrogen-bond donors (Lipinski definition) is 2. The molecular formula is C18H27N3O2S. The monoisotopic (exact) mass is 349 g/mol. The first kappa shape index (κ1) is 17.4. The highest BCUT2D eigenvalue weighted by Crippen LogP contribution is 2.18. The molecule has 3 rings (SSSR count). The third kappa shape index (κ3) is 4.80. The summed E-state index contributed by atoms with van der Waals surface area (Å²) >= 11 is 1.68. The zero-order valence-electron chi connectivity index (χ0n) is 14.1. The summed E-state index contributed by atoms with van der Waals surface area (Å²) < 4.78 is 0. The van der Waals surface area contributed by atoms with Gasteiger partial charge in [-0.05, 0) is 67.0 Å². The maximum absolute atomic E-state index is 12.4. The van der Waals surface area contributed by atoms with Gasteiger partial charge in [0, 0.05) is 26.1 Å². The Labute approximate surface area is 147 Å². The third-order valence-electron chi connectivity index (χ3n) is 5.02. The maximum Gasteiger partial charge on any atom is 0.237 e. The number of aryl methyl sites for hydroxylation is 1. The van der Waals surface area contributed by atoms with Gasteiger partial charge in [0.2, 0.25) is 11.8 Å². The van der Waals surface area contributed by atoms with Crippen LogP contribution in [0.4, 0.5) is 0 Å². The Balaban J connectivity index is 1.40. The fraction of sp³-hybridized carbons (Fsp3) is 0.667. The van der Waals surface area contributed by atoms with Gasteiger partial charge in [-0.25, -0.2) is 0 Å². The summed E-state index contributed by atoms with van der Waals surface area (Å²) in [6.45, 7) is 3.26. The summed E-state index contributed by atoms with van der Waals surface area (Å²) in [7, 11) is 0. The van der Waals surface area contributed by atoms with E-state index < -0.39 is 0 Å². The lowest BCUT2D eigenvalue weighted by atomic mass is 9.97. The van der Waals surface area contributed by atoms with Gasteiger partial charge in [0.25, 0.3) is 0 Å². The van der Waals surface area contributed by atoms with Crippen LogP contribution in [0.15, 0.2) is 16.8 Å². The molecular weight excluding hydrogens is 322 g/mol. The normalized spacial score (nSPS) is 24.1. The molecule has 0 aromatic carbocycles. The number of carbonyl (C=O) groups excluding carboxylic acids is 2. The van der Waals surface area contributed by atoms with Crippen molar-refractivity contribution in [3.63, 3.8) is 0 Å². The van der Waals surface area contributed by atoms with Gasteiger partial charge in [0.15, 0.2) is 0 Å². The van der Waals surface area contributed by atoms with E-state index in [1.54, 1.807) is 11.3 Å². The van der Waals surface area contributed by atoms with Crippen LogP contribution in [0.3, 0.4) is 0 Å². The Hall–Kier alpha value is -1.40. The lowest BCUT2D eigenvalue weighted by molar-refractivity contribution is -0.132. The SMILES string of the molecule is O=C(NCC1CCCN(C(=O)CCc2ccsc2)C1)C1CCCN1. The molecule has 132 valence electrons. The molecule has 0 saturated carbocycles. The van der Waals surface area contributed by atoms with Gasteiger partial charge in [-0.15, -0.1) is 0 Å². The molecule has 2 aliphatic rings. The van der Waals surface area contributed by atoms with E-state index in [0.29, 0.717) is 18.9 Å². The van der Waals surface area contributed by atoms with Crippen molar-refractivity contribution in [2.45, 2.75) is 44.6 Å². The molecule has 24 heavy (non-hydrogen) atoms. The molecule has 6 heteroatoms. The van der Waals surface area contributed by atoms with Gasteiger partial charge in [0.05, 0.1) is 6.04 Å². The minimum atomic E-state index is -0.0167. The second kappa shape index (κ2) is 8.62. The molecule has 2 amide bonds. The predicted octanol–water partition coefficient (Wildman–Crippen LogP) is 1.79. The Morgan fingerprint density at radius 1 is 1.33 bits per heavy atom. The van der Waals surface area contributed by atoms with Crippen molar-refractivity contribution in [1.82, 2.24) is 15.5 Å². The topological polar surface area (TPSA) is 61.4 Å². The number of thiophene rings is 1. The highest BCUT2D eigenvalue weighted by atomic mass is 32.1. The van der Waals surface area contributed by atoms with E-state index in [2.05, 4.69) is 27.5 Å². The molecule has 2 N–H and O–H groups in total. The third-order valence-corrected chi connectivity index (χ3v) is 5.75. The summed E-state index contributed by atoms with van der Waals surface area (Å²) in [5.74, 6) is 0.747. The van der Waals surface area contributed by atoms with E-state index in [9.17, 15) is 9.59 Å². The van der Waals surface area contributed by atoms with Crippen LogP contribution in [0, 0.1) is 5.92 Å². The molecule has 2 unspecified atom stereocenters. The Kier molecular flexibility index (Phi) is 6.26. The summed E-state index contributed by atoms with van der Waals surface area (Å²) in [5.41, 5.74) is 1.25. The lowest BCUT2D eigenvalue weighted by Gasteiger charge is -2.33. The first-order chi connectivity index (χ1) is 11.7. The van der Waals surface area contributed by atoms with E-state index in [1.807, 2.05) is 4.90 Å². The number of nitrogens with one attached hydrogen (secondary N) is 2. The van der Waals surface area contributed by atoms with Crippen LogP contribution in [-0.4, -0.2) is 48.9 Å². The molecule has 1 aromatic rings. The fourth-order valence-electron chi connectivity index (χ4n) is 3.58. The highest BCUT2D eigenvalue weighted by Gasteiger charge is 2.26. The zero-order valence-corrected chi connectivity index (χ0v) is 14.9. The molecule has 2 fully saturated rings. The van der Waals surface area contributed by atoms with Crippen LogP contribution in [0.25, 0.3) is 0 Å². The smallest absolute Gasteiger partial charge is 0.237 e. The zero-order chi connectivity index (χ0) is 16.8. The minimum absolute atomic E-state index is 0.0167. The molecule has 0 aliphatic carbocycles. The summed E-state index contributed by atoms with van der Waals surface area (Å²) in [4.78, 5) is 26.5. The fourth-order valence-corrected chi connectivity index (χ4v) is 4.28. The molecule has 0 radical (unpaired) electrons. The van der Waals surface area contributed by atoms with Crippen LogP contribution in [0.2, 0.25) is 0 Å². The summed E-state index contributed by atoms with van der Waals surface area (Å²) in [6.07, 6.45) is 5.55. The molecule has 2 atom stereocenters. The van der Waals surface area contributed by atoms with Crippen molar-refractivity contribution in [1.29, 1.82) is 0 Å². The second-order valence-corrected chi connectivity index (χ2v) is 7.65.